The Bertz CT molecular complexity index is 1130. The van der Waals surface area contributed by atoms with Gasteiger partial charge in [0.2, 0.25) is 5.91 Å². The van der Waals surface area contributed by atoms with Crippen LogP contribution in [0.4, 0.5) is 0 Å². The predicted molar refractivity (Wildman–Crippen MR) is 108 cm³/mol. The normalized spacial score (nSPS) is 11.2. The first-order valence-corrected chi connectivity index (χ1v) is 9.40. The molecule has 2 aromatic carbocycles. The van der Waals surface area contributed by atoms with Crippen LogP contribution in [-0.2, 0) is 24.4 Å². The van der Waals surface area contributed by atoms with Crippen molar-refractivity contribution in [1.29, 1.82) is 0 Å². The predicted octanol–water partition coefficient (Wildman–Crippen LogP) is 3.12. The second-order valence-electron chi connectivity index (χ2n) is 6.58. The van der Waals surface area contributed by atoms with E-state index >= 15 is 0 Å². The third-order valence-corrected chi connectivity index (χ3v) is 4.89. The van der Waals surface area contributed by atoms with Gasteiger partial charge in [-0.1, -0.05) is 12.1 Å². The Labute approximate surface area is 162 Å². The van der Waals surface area contributed by atoms with Crippen LogP contribution >= 0.6 is 0 Å². The standard InChI is InChI=1S/C21H23N5O2/c1-3-25-19-7-5-4-6-17(19)24-20(25)14-22-21(27)10-11-26-18-9-8-16(28-2)12-15(18)13-23-26/h4-9,12-13H,3,10-11,14H2,1-2H3,(H,22,27). The SMILES string of the molecule is CCn1c(CNC(=O)CCn2ncc3cc(OC)ccc32)nc2ccccc21. The average Bonchev–Trinajstić information content (AvgIpc) is 3.30. The first kappa shape index (κ1) is 18.0. The van der Waals surface area contributed by atoms with Crippen LogP contribution in [0.25, 0.3) is 21.9 Å². The number of methoxy groups -OCH3 is 1. The number of aryl methyl sites for hydroxylation is 2. The zero-order valence-corrected chi connectivity index (χ0v) is 16.1. The van der Waals surface area contributed by atoms with Crippen molar-refractivity contribution in [1.82, 2.24) is 24.6 Å². The lowest BCUT2D eigenvalue weighted by molar-refractivity contribution is -0.121. The number of nitrogens with zero attached hydrogens (tertiary/aromatic N) is 4. The first-order valence-electron chi connectivity index (χ1n) is 9.40. The number of carbonyl (C=O) groups excluding carboxylic acids is 1. The molecule has 0 bridgehead atoms. The Morgan fingerprint density at radius 2 is 2.04 bits per heavy atom. The van der Waals surface area contributed by atoms with Gasteiger partial charge in [-0.25, -0.2) is 4.98 Å². The fourth-order valence-electron chi connectivity index (χ4n) is 3.46. The van der Waals surface area contributed by atoms with Crippen molar-refractivity contribution in [2.75, 3.05) is 7.11 Å². The topological polar surface area (TPSA) is 74.0 Å². The maximum Gasteiger partial charge on any atom is 0.222 e. The molecule has 0 saturated carbocycles. The maximum absolute atomic E-state index is 12.4. The second-order valence-corrected chi connectivity index (χ2v) is 6.58. The van der Waals surface area contributed by atoms with Crippen LogP contribution in [-0.4, -0.2) is 32.3 Å². The molecule has 0 saturated heterocycles. The molecule has 1 N–H and O–H groups in total. The summed E-state index contributed by atoms with van der Waals surface area (Å²) in [6.07, 6.45) is 2.15. The first-order chi connectivity index (χ1) is 13.7. The van der Waals surface area contributed by atoms with E-state index in [0.717, 1.165) is 40.1 Å². The summed E-state index contributed by atoms with van der Waals surface area (Å²) < 4.78 is 9.21. The van der Waals surface area contributed by atoms with E-state index in [-0.39, 0.29) is 5.91 Å². The number of amides is 1. The summed E-state index contributed by atoms with van der Waals surface area (Å²) in [5.41, 5.74) is 3.03. The largest absolute Gasteiger partial charge is 0.497 e. The smallest absolute Gasteiger partial charge is 0.222 e. The number of para-hydroxylation sites is 2. The van der Waals surface area contributed by atoms with E-state index in [2.05, 4.69) is 33.0 Å². The molecule has 0 atom stereocenters. The van der Waals surface area contributed by atoms with Crippen LogP contribution in [0.2, 0.25) is 0 Å². The van der Waals surface area contributed by atoms with Gasteiger partial charge in [0.25, 0.3) is 0 Å². The second kappa shape index (κ2) is 7.72. The number of rotatable bonds is 7. The molecule has 0 unspecified atom stereocenters. The number of carbonyl (C=O) groups is 1. The molecule has 7 nitrogen and oxygen atoms in total. The highest BCUT2D eigenvalue weighted by molar-refractivity contribution is 5.81. The maximum atomic E-state index is 12.4. The zero-order chi connectivity index (χ0) is 19.5. The van der Waals surface area contributed by atoms with Gasteiger partial charge in [0.15, 0.2) is 0 Å². The van der Waals surface area contributed by atoms with Crippen LogP contribution < -0.4 is 10.1 Å². The van der Waals surface area contributed by atoms with Crippen molar-refractivity contribution in [3.8, 4) is 5.75 Å². The number of hydrogen-bond acceptors (Lipinski definition) is 4. The number of aromatic nitrogens is 4. The molecular formula is C21H23N5O2. The molecular weight excluding hydrogens is 354 g/mol. The zero-order valence-electron chi connectivity index (χ0n) is 16.1. The van der Waals surface area contributed by atoms with Gasteiger partial charge in [-0.2, -0.15) is 5.10 Å². The van der Waals surface area contributed by atoms with Gasteiger partial charge in [-0.15, -0.1) is 0 Å². The van der Waals surface area contributed by atoms with Gasteiger partial charge in [0.05, 0.1) is 42.9 Å². The minimum absolute atomic E-state index is 0.0214. The van der Waals surface area contributed by atoms with E-state index in [9.17, 15) is 4.79 Å². The fourth-order valence-corrected chi connectivity index (χ4v) is 3.46. The Balaban J connectivity index is 1.39. The number of imidazole rings is 1. The van der Waals surface area contributed by atoms with Gasteiger partial charge in [0, 0.05) is 18.4 Å². The summed E-state index contributed by atoms with van der Waals surface area (Å²) in [4.78, 5) is 17.0. The van der Waals surface area contributed by atoms with Crippen LogP contribution in [0.5, 0.6) is 5.75 Å². The molecule has 0 spiro atoms. The van der Waals surface area contributed by atoms with Gasteiger partial charge in [0.1, 0.15) is 11.6 Å². The molecule has 28 heavy (non-hydrogen) atoms. The minimum Gasteiger partial charge on any atom is -0.497 e. The number of nitrogens with one attached hydrogen (secondary N) is 1. The Hall–Kier alpha value is -3.35. The Morgan fingerprint density at radius 3 is 2.86 bits per heavy atom. The number of benzene rings is 2. The molecule has 0 aliphatic rings. The van der Waals surface area contributed by atoms with Gasteiger partial charge < -0.3 is 14.6 Å². The van der Waals surface area contributed by atoms with E-state index in [1.807, 2.05) is 41.1 Å². The van der Waals surface area contributed by atoms with Crippen molar-refractivity contribution in [3.05, 3.63) is 54.5 Å². The fraction of sp³-hybridized carbons (Fsp3) is 0.286. The highest BCUT2D eigenvalue weighted by Crippen LogP contribution is 2.20. The average molecular weight is 377 g/mol. The van der Waals surface area contributed by atoms with Gasteiger partial charge >= 0.3 is 0 Å². The molecule has 4 rings (SSSR count). The summed E-state index contributed by atoms with van der Waals surface area (Å²) in [5, 5.41) is 8.36. The van der Waals surface area contributed by atoms with Crippen LogP contribution in [0.3, 0.4) is 0 Å². The monoisotopic (exact) mass is 377 g/mol. The summed E-state index contributed by atoms with van der Waals surface area (Å²) in [5.74, 6) is 1.64. The minimum atomic E-state index is -0.0214. The number of fused-ring (bicyclic) bond motifs is 2. The van der Waals surface area contributed by atoms with E-state index in [0.29, 0.717) is 19.5 Å². The summed E-state index contributed by atoms with van der Waals surface area (Å²) in [7, 11) is 1.64. The molecule has 0 radical (unpaired) electrons. The number of ether oxygens (including phenoxy) is 1. The van der Waals surface area contributed by atoms with Crippen LogP contribution in [0.15, 0.2) is 48.7 Å². The van der Waals surface area contributed by atoms with Crippen molar-refractivity contribution >= 4 is 27.8 Å². The molecule has 144 valence electrons. The third-order valence-electron chi connectivity index (χ3n) is 4.89. The van der Waals surface area contributed by atoms with Crippen molar-refractivity contribution in [2.24, 2.45) is 0 Å². The molecule has 7 heteroatoms. The molecule has 0 aliphatic heterocycles. The Kier molecular flexibility index (Phi) is 4.97. The van der Waals surface area contributed by atoms with E-state index in [1.165, 1.54) is 0 Å². The summed E-state index contributed by atoms with van der Waals surface area (Å²) >= 11 is 0. The molecule has 2 aromatic heterocycles. The molecule has 0 aliphatic carbocycles. The highest BCUT2D eigenvalue weighted by Gasteiger charge is 2.11. The highest BCUT2D eigenvalue weighted by atomic mass is 16.5. The van der Waals surface area contributed by atoms with E-state index in [1.54, 1.807) is 13.3 Å². The van der Waals surface area contributed by atoms with Crippen molar-refractivity contribution in [3.63, 3.8) is 0 Å². The Morgan fingerprint density at radius 1 is 1.18 bits per heavy atom. The van der Waals surface area contributed by atoms with Crippen LogP contribution in [0.1, 0.15) is 19.2 Å². The van der Waals surface area contributed by atoms with Crippen molar-refractivity contribution < 1.29 is 9.53 Å². The quantitative estimate of drug-likeness (QED) is 0.537. The van der Waals surface area contributed by atoms with Crippen LogP contribution in [0, 0.1) is 0 Å². The van der Waals surface area contributed by atoms with Gasteiger partial charge in [-0.05, 0) is 37.3 Å². The number of hydrogen-bond donors (Lipinski definition) is 1. The van der Waals surface area contributed by atoms with Crippen molar-refractivity contribution in [2.45, 2.75) is 33.0 Å². The summed E-state index contributed by atoms with van der Waals surface area (Å²) in [6, 6.07) is 13.8. The molecule has 2 heterocycles. The molecule has 0 fully saturated rings. The van der Waals surface area contributed by atoms with E-state index in [4.69, 9.17) is 4.74 Å². The lowest BCUT2D eigenvalue weighted by atomic mass is 10.2. The lowest BCUT2D eigenvalue weighted by Crippen LogP contribution is -2.25. The lowest BCUT2D eigenvalue weighted by Gasteiger charge is -2.08. The summed E-state index contributed by atoms with van der Waals surface area (Å²) in [6.45, 7) is 3.83. The molecule has 4 aromatic rings. The van der Waals surface area contributed by atoms with E-state index < -0.39 is 0 Å². The third kappa shape index (κ3) is 3.43. The van der Waals surface area contributed by atoms with Gasteiger partial charge in [-0.3, -0.25) is 9.48 Å². The molecule has 1 amide bonds.